The van der Waals surface area contributed by atoms with Crippen LogP contribution in [0.2, 0.25) is 5.02 Å². The number of rotatable bonds is 9. The van der Waals surface area contributed by atoms with Crippen molar-refractivity contribution in [2.45, 2.75) is 52.2 Å². The molecule has 0 saturated carbocycles. The number of hydrogen-bond donors (Lipinski definition) is 1. The molecule has 1 heterocycles. The first-order valence-electron chi connectivity index (χ1n) is 11.0. The fourth-order valence-corrected chi connectivity index (χ4v) is 3.97. The van der Waals surface area contributed by atoms with E-state index in [9.17, 15) is 19.2 Å². The van der Waals surface area contributed by atoms with Crippen LogP contribution in [0.25, 0.3) is 0 Å². The molecule has 0 spiro atoms. The summed E-state index contributed by atoms with van der Waals surface area (Å²) in [5.74, 6) is -1.20. The Labute approximate surface area is 198 Å². The molecule has 0 aromatic heterocycles. The molecular formula is C25H28ClN3O4. The molecule has 3 rings (SSSR count). The van der Waals surface area contributed by atoms with E-state index in [1.54, 1.807) is 43.3 Å². The summed E-state index contributed by atoms with van der Waals surface area (Å²) in [4.78, 5) is 53.5. The summed E-state index contributed by atoms with van der Waals surface area (Å²) in [6.45, 7) is 5.69. The summed E-state index contributed by atoms with van der Waals surface area (Å²) in [5.41, 5.74) is 1.50. The van der Waals surface area contributed by atoms with Gasteiger partial charge in [0.1, 0.15) is 6.04 Å². The third-order valence-corrected chi connectivity index (χ3v) is 5.92. The van der Waals surface area contributed by atoms with E-state index in [0.717, 1.165) is 5.56 Å². The maximum Gasteiger partial charge on any atom is 0.261 e. The molecule has 0 radical (unpaired) electrons. The van der Waals surface area contributed by atoms with E-state index in [-0.39, 0.29) is 49.2 Å². The summed E-state index contributed by atoms with van der Waals surface area (Å²) in [6.07, 6.45) is 0.374. The van der Waals surface area contributed by atoms with E-state index < -0.39 is 6.04 Å². The summed E-state index contributed by atoms with van der Waals surface area (Å²) >= 11 is 6.29. The molecule has 33 heavy (non-hydrogen) atoms. The number of amides is 4. The van der Waals surface area contributed by atoms with Crippen molar-refractivity contribution in [1.29, 1.82) is 0 Å². The van der Waals surface area contributed by atoms with E-state index in [1.807, 2.05) is 26.0 Å². The molecule has 0 aliphatic carbocycles. The summed E-state index contributed by atoms with van der Waals surface area (Å²) in [7, 11) is 0. The number of carbonyl (C=O) groups excluding carboxylic acids is 4. The molecule has 0 saturated heterocycles. The molecule has 0 fully saturated rings. The minimum atomic E-state index is -0.713. The molecule has 1 aliphatic heterocycles. The molecule has 7 nitrogen and oxygen atoms in total. The normalized spacial score (nSPS) is 13.8. The maximum absolute atomic E-state index is 13.2. The molecule has 0 bridgehead atoms. The van der Waals surface area contributed by atoms with E-state index in [0.29, 0.717) is 22.6 Å². The van der Waals surface area contributed by atoms with Crippen LogP contribution in [0.15, 0.2) is 48.5 Å². The van der Waals surface area contributed by atoms with Gasteiger partial charge in [-0.25, -0.2) is 0 Å². The van der Waals surface area contributed by atoms with Crippen LogP contribution >= 0.6 is 11.6 Å². The lowest BCUT2D eigenvalue weighted by atomic mass is 10.1. The maximum atomic E-state index is 13.2. The van der Waals surface area contributed by atoms with Crippen molar-refractivity contribution in [3.63, 3.8) is 0 Å². The SMILES string of the molecule is CC(C)NC(=O)[C@@H](C)N(Cc1ccccc1Cl)C(=O)CCCN1C(=O)c2ccccc2C1=O. The Morgan fingerprint density at radius 3 is 2.12 bits per heavy atom. The number of halogens is 1. The standard InChI is InChI=1S/C25H28ClN3O4/c1-16(2)27-23(31)17(3)29(15-18-9-4-7-12-21(18)26)22(30)13-8-14-28-24(32)19-10-5-6-11-20(19)25(28)33/h4-7,9-12,16-17H,8,13-15H2,1-3H3,(H,27,31)/t17-/m1/s1. The Morgan fingerprint density at radius 1 is 0.970 bits per heavy atom. The van der Waals surface area contributed by atoms with Crippen molar-refractivity contribution >= 4 is 35.2 Å². The predicted octanol–water partition coefficient (Wildman–Crippen LogP) is 3.66. The average Bonchev–Trinajstić information content (AvgIpc) is 3.02. The highest BCUT2D eigenvalue weighted by molar-refractivity contribution is 6.31. The highest BCUT2D eigenvalue weighted by Crippen LogP contribution is 2.23. The molecule has 0 unspecified atom stereocenters. The fourth-order valence-electron chi connectivity index (χ4n) is 3.77. The Kier molecular flexibility index (Phi) is 7.87. The van der Waals surface area contributed by atoms with Crippen LogP contribution in [0.5, 0.6) is 0 Å². The molecule has 8 heteroatoms. The fraction of sp³-hybridized carbons (Fsp3) is 0.360. The number of carbonyl (C=O) groups is 4. The monoisotopic (exact) mass is 469 g/mol. The number of imide groups is 1. The summed E-state index contributed by atoms with van der Waals surface area (Å²) in [6, 6.07) is 13.1. The van der Waals surface area contributed by atoms with Gasteiger partial charge in [-0.3, -0.25) is 24.1 Å². The third kappa shape index (κ3) is 5.60. The number of fused-ring (bicyclic) bond motifs is 1. The van der Waals surface area contributed by atoms with Crippen LogP contribution in [0.4, 0.5) is 0 Å². The van der Waals surface area contributed by atoms with Gasteiger partial charge in [-0.05, 0) is 51.0 Å². The van der Waals surface area contributed by atoms with Crippen molar-refractivity contribution in [2.24, 2.45) is 0 Å². The zero-order chi connectivity index (χ0) is 24.1. The number of nitrogens with zero attached hydrogens (tertiary/aromatic N) is 2. The Bertz CT molecular complexity index is 1030. The second-order valence-corrected chi connectivity index (χ2v) is 8.77. The Balaban J connectivity index is 1.68. The van der Waals surface area contributed by atoms with Crippen LogP contribution in [0.3, 0.4) is 0 Å². The largest absolute Gasteiger partial charge is 0.352 e. The lowest BCUT2D eigenvalue weighted by Crippen LogP contribution is -2.49. The van der Waals surface area contributed by atoms with E-state index in [2.05, 4.69) is 5.32 Å². The quantitative estimate of drug-likeness (QED) is 0.568. The second-order valence-electron chi connectivity index (χ2n) is 8.36. The third-order valence-electron chi connectivity index (χ3n) is 5.55. The molecule has 2 aromatic rings. The topological polar surface area (TPSA) is 86.8 Å². The molecule has 4 amide bonds. The van der Waals surface area contributed by atoms with Crippen molar-refractivity contribution in [2.75, 3.05) is 6.54 Å². The van der Waals surface area contributed by atoms with Gasteiger partial charge in [0.15, 0.2) is 0 Å². The van der Waals surface area contributed by atoms with E-state index in [1.165, 1.54) is 9.80 Å². The van der Waals surface area contributed by atoms with Crippen LogP contribution in [0.1, 0.15) is 59.9 Å². The smallest absolute Gasteiger partial charge is 0.261 e. The lowest BCUT2D eigenvalue weighted by molar-refractivity contribution is -0.140. The molecule has 174 valence electrons. The van der Waals surface area contributed by atoms with Crippen LogP contribution in [0, 0.1) is 0 Å². The van der Waals surface area contributed by atoms with Crippen LogP contribution in [-0.2, 0) is 16.1 Å². The van der Waals surface area contributed by atoms with Gasteiger partial charge < -0.3 is 10.2 Å². The summed E-state index contributed by atoms with van der Waals surface area (Å²) < 4.78 is 0. The highest BCUT2D eigenvalue weighted by Gasteiger charge is 2.35. The second kappa shape index (κ2) is 10.6. The van der Waals surface area contributed by atoms with Gasteiger partial charge in [-0.1, -0.05) is 41.9 Å². The highest BCUT2D eigenvalue weighted by atomic mass is 35.5. The first-order chi connectivity index (χ1) is 15.7. The average molecular weight is 470 g/mol. The van der Waals surface area contributed by atoms with E-state index in [4.69, 9.17) is 11.6 Å². The number of hydrogen-bond acceptors (Lipinski definition) is 4. The first kappa shape index (κ1) is 24.5. The van der Waals surface area contributed by atoms with Crippen molar-refractivity contribution in [1.82, 2.24) is 15.1 Å². The lowest BCUT2D eigenvalue weighted by Gasteiger charge is -2.30. The number of benzene rings is 2. The van der Waals surface area contributed by atoms with Crippen molar-refractivity contribution in [3.8, 4) is 0 Å². The minimum Gasteiger partial charge on any atom is -0.352 e. The van der Waals surface area contributed by atoms with Gasteiger partial charge in [0, 0.05) is 30.6 Å². The minimum absolute atomic E-state index is 0.0639. The van der Waals surface area contributed by atoms with Gasteiger partial charge in [0.05, 0.1) is 11.1 Å². The molecule has 1 atom stereocenters. The number of nitrogens with one attached hydrogen (secondary N) is 1. The van der Waals surface area contributed by atoms with Gasteiger partial charge in [-0.15, -0.1) is 0 Å². The summed E-state index contributed by atoms with van der Waals surface area (Å²) in [5, 5.41) is 3.35. The van der Waals surface area contributed by atoms with Crippen molar-refractivity contribution < 1.29 is 19.2 Å². The van der Waals surface area contributed by atoms with Gasteiger partial charge in [0.2, 0.25) is 11.8 Å². The molecular weight excluding hydrogens is 442 g/mol. The van der Waals surface area contributed by atoms with Crippen LogP contribution < -0.4 is 5.32 Å². The van der Waals surface area contributed by atoms with E-state index >= 15 is 0 Å². The van der Waals surface area contributed by atoms with Gasteiger partial charge in [-0.2, -0.15) is 0 Å². The van der Waals surface area contributed by atoms with Gasteiger partial charge >= 0.3 is 0 Å². The molecule has 1 N–H and O–H groups in total. The van der Waals surface area contributed by atoms with Crippen LogP contribution in [-0.4, -0.2) is 52.1 Å². The predicted molar refractivity (Wildman–Crippen MR) is 126 cm³/mol. The molecule has 2 aromatic carbocycles. The zero-order valence-electron chi connectivity index (χ0n) is 19.0. The molecule has 1 aliphatic rings. The zero-order valence-corrected chi connectivity index (χ0v) is 19.8. The first-order valence-corrected chi connectivity index (χ1v) is 11.4. The Hall–Kier alpha value is -3.19. The van der Waals surface area contributed by atoms with Gasteiger partial charge in [0.25, 0.3) is 11.8 Å². The Morgan fingerprint density at radius 2 is 1.55 bits per heavy atom. The van der Waals surface area contributed by atoms with Crippen molar-refractivity contribution in [3.05, 3.63) is 70.2 Å².